The number of piperidine rings is 1. The second kappa shape index (κ2) is 5.49. The lowest BCUT2D eigenvalue weighted by molar-refractivity contribution is 0.0123. The molecule has 0 spiro atoms. The van der Waals surface area contributed by atoms with Crippen molar-refractivity contribution in [1.29, 1.82) is 0 Å². The fraction of sp³-hybridized carbons (Fsp3) is 0.562. The SMILES string of the molecule is Cc1noc([C@H]2C[C@H]3OCC[C@H]3N(C(=O)c3ccoc3C)C2)n1. The summed E-state index contributed by atoms with van der Waals surface area (Å²) in [6.07, 6.45) is 3.24. The van der Waals surface area contributed by atoms with Crippen molar-refractivity contribution in [3.05, 3.63) is 35.4 Å². The number of aromatic nitrogens is 2. The van der Waals surface area contributed by atoms with Crippen molar-refractivity contribution in [1.82, 2.24) is 15.0 Å². The van der Waals surface area contributed by atoms with Crippen LogP contribution in [0.25, 0.3) is 0 Å². The molecule has 0 bridgehead atoms. The second-order valence-corrected chi connectivity index (χ2v) is 6.23. The molecular weight excluding hydrogens is 298 g/mol. The van der Waals surface area contributed by atoms with E-state index in [0.29, 0.717) is 36.2 Å². The van der Waals surface area contributed by atoms with Crippen LogP contribution >= 0.6 is 0 Å². The van der Waals surface area contributed by atoms with Gasteiger partial charge in [0.2, 0.25) is 5.89 Å². The average Bonchev–Trinajstić information content (AvgIpc) is 3.25. The zero-order valence-electron chi connectivity index (χ0n) is 13.2. The third-order valence-corrected chi connectivity index (χ3v) is 4.75. The lowest BCUT2D eigenvalue weighted by Gasteiger charge is -2.39. The number of rotatable bonds is 2. The van der Waals surface area contributed by atoms with Crippen LogP contribution in [0.15, 0.2) is 21.3 Å². The van der Waals surface area contributed by atoms with Crippen molar-refractivity contribution >= 4 is 5.91 Å². The van der Waals surface area contributed by atoms with Crippen molar-refractivity contribution in [3.63, 3.8) is 0 Å². The number of hydrogen-bond acceptors (Lipinski definition) is 6. The van der Waals surface area contributed by atoms with E-state index < -0.39 is 0 Å². The number of fused-ring (bicyclic) bond motifs is 1. The van der Waals surface area contributed by atoms with Crippen LogP contribution in [0.2, 0.25) is 0 Å². The van der Waals surface area contributed by atoms with Crippen molar-refractivity contribution in [3.8, 4) is 0 Å². The monoisotopic (exact) mass is 317 g/mol. The first-order valence-electron chi connectivity index (χ1n) is 7.90. The molecule has 3 atom stereocenters. The fourth-order valence-electron chi connectivity index (χ4n) is 3.60. The first-order valence-corrected chi connectivity index (χ1v) is 7.90. The van der Waals surface area contributed by atoms with Gasteiger partial charge in [0.15, 0.2) is 5.82 Å². The molecule has 0 unspecified atom stereocenters. The Kier molecular flexibility index (Phi) is 3.45. The standard InChI is InChI=1S/C16H19N3O4/c1-9-12(3-5-21-9)16(20)19-8-11(15-17-10(2)18-23-15)7-14-13(19)4-6-22-14/h3,5,11,13-14H,4,6-8H2,1-2H3/t11-,13+,14+/m0/s1. The lowest BCUT2D eigenvalue weighted by Crippen LogP contribution is -2.51. The van der Waals surface area contributed by atoms with E-state index in [1.807, 2.05) is 4.90 Å². The van der Waals surface area contributed by atoms with E-state index in [-0.39, 0.29) is 24.0 Å². The van der Waals surface area contributed by atoms with Crippen LogP contribution in [-0.2, 0) is 4.74 Å². The van der Waals surface area contributed by atoms with E-state index in [1.165, 1.54) is 0 Å². The third-order valence-electron chi connectivity index (χ3n) is 4.75. The number of carbonyl (C=O) groups is 1. The Balaban J connectivity index is 1.63. The number of furan rings is 1. The second-order valence-electron chi connectivity index (χ2n) is 6.23. The first kappa shape index (κ1) is 14.4. The van der Waals surface area contributed by atoms with E-state index in [9.17, 15) is 4.79 Å². The van der Waals surface area contributed by atoms with E-state index in [0.717, 1.165) is 12.8 Å². The Morgan fingerprint density at radius 1 is 1.39 bits per heavy atom. The molecule has 0 aliphatic carbocycles. The fourth-order valence-corrected chi connectivity index (χ4v) is 3.60. The van der Waals surface area contributed by atoms with Gasteiger partial charge in [-0.25, -0.2) is 0 Å². The molecule has 2 aromatic heterocycles. The van der Waals surface area contributed by atoms with Gasteiger partial charge in [0.1, 0.15) is 5.76 Å². The average molecular weight is 317 g/mol. The summed E-state index contributed by atoms with van der Waals surface area (Å²) in [4.78, 5) is 19.2. The van der Waals surface area contributed by atoms with E-state index in [4.69, 9.17) is 13.7 Å². The Labute approximate surface area is 133 Å². The molecule has 4 rings (SSSR count). The normalized spacial score (nSPS) is 27.2. The van der Waals surface area contributed by atoms with Gasteiger partial charge in [-0.1, -0.05) is 5.16 Å². The maximum absolute atomic E-state index is 13.0. The minimum atomic E-state index is -0.0160. The zero-order valence-corrected chi connectivity index (χ0v) is 13.2. The van der Waals surface area contributed by atoms with Crippen LogP contribution in [0, 0.1) is 13.8 Å². The third kappa shape index (κ3) is 2.45. The minimum absolute atomic E-state index is 0.00621. The molecule has 2 aromatic rings. The number of nitrogens with zero attached hydrogens (tertiary/aromatic N) is 3. The van der Waals surface area contributed by atoms with Gasteiger partial charge >= 0.3 is 0 Å². The molecule has 4 heterocycles. The molecule has 2 fully saturated rings. The number of hydrogen-bond donors (Lipinski definition) is 0. The Morgan fingerprint density at radius 2 is 2.26 bits per heavy atom. The van der Waals surface area contributed by atoms with Crippen LogP contribution in [0.5, 0.6) is 0 Å². The highest BCUT2D eigenvalue weighted by molar-refractivity contribution is 5.95. The van der Waals surface area contributed by atoms with Gasteiger partial charge in [-0.15, -0.1) is 0 Å². The highest BCUT2D eigenvalue weighted by Gasteiger charge is 2.44. The zero-order chi connectivity index (χ0) is 16.0. The Hall–Kier alpha value is -2.15. The minimum Gasteiger partial charge on any atom is -0.469 e. The Morgan fingerprint density at radius 3 is 2.96 bits per heavy atom. The van der Waals surface area contributed by atoms with Gasteiger partial charge in [-0.3, -0.25) is 4.79 Å². The lowest BCUT2D eigenvalue weighted by atomic mass is 9.89. The van der Waals surface area contributed by atoms with Crippen molar-refractivity contribution in [2.24, 2.45) is 0 Å². The highest BCUT2D eigenvalue weighted by Crippen LogP contribution is 2.36. The number of ether oxygens (including phenoxy) is 1. The van der Waals surface area contributed by atoms with Crippen LogP contribution in [0.3, 0.4) is 0 Å². The van der Waals surface area contributed by atoms with Gasteiger partial charge in [0, 0.05) is 13.2 Å². The number of aryl methyl sites for hydroxylation is 2. The summed E-state index contributed by atoms with van der Waals surface area (Å²) in [7, 11) is 0. The smallest absolute Gasteiger partial charge is 0.257 e. The predicted octanol–water partition coefficient (Wildman–Crippen LogP) is 2.07. The molecule has 0 radical (unpaired) electrons. The summed E-state index contributed by atoms with van der Waals surface area (Å²) in [6, 6.07) is 1.83. The van der Waals surface area contributed by atoms with E-state index in [2.05, 4.69) is 10.1 Å². The molecule has 2 aliphatic rings. The quantitative estimate of drug-likeness (QED) is 0.843. The van der Waals surface area contributed by atoms with Crippen LogP contribution in [-0.4, -0.2) is 46.2 Å². The van der Waals surface area contributed by atoms with Crippen molar-refractivity contribution in [2.45, 2.75) is 44.8 Å². The number of amides is 1. The topological polar surface area (TPSA) is 81.6 Å². The summed E-state index contributed by atoms with van der Waals surface area (Å²) in [5, 5.41) is 3.87. The molecule has 0 N–H and O–H groups in total. The van der Waals surface area contributed by atoms with Gasteiger partial charge in [-0.05, 0) is 32.8 Å². The van der Waals surface area contributed by atoms with Crippen LogP contribution in [0.1, 0.15) is 46.6 Å². The molecular formula is C16H19N3O4. The maximum atomic E-state index is 13.0. The largest absolute Gasteiger partial charge is 0.469 e. The molecule has 2 saturated heterocycles. The van der Waals surface area contributed by atoms with Crippen molar-refractivity contribution in [2.75, 3.05) is 13.2 Å². The molecule has 0 saturated carbocycles. The first-order chi connectivity index (χ1) is 11.1. The molecule has 1 amide bonds. The van der Waals surface area contributed by atoms with Crippen molar-refractivity contribution < 1.29 is 18.5 Å². The summed E-state index contributed by atoms with van der Waals surface area (Å²) in [5.41, 5.74) is 0.609. The van der Waals surface area contributed by atoms with E-state index >= 15 is 0 Å². The molecule has 0 aromatic carbocycles. The molecule has 122 valence electrons. The maximum Gasteiger partial charge on any atom is 0.257 e. The summed E-state index contributed by atoms with van der Waals surface area (Å²) in [6.45, 7) is 4.84. The summed E-state index contributed by atoms with van der Waals surface area (Å²) in [5.74, 6) is 1.82. The molecule has 2 aliphatic heterocycles. The van der Waals surface area contributed by atoms with Gasteiger partial charge in [0.05, 0.1) is 29.9 Å². The highest BCUT2D eigenvalue weighted by atomic mass is 16.5. The van der Waals surface area contributed by atoms with Gasteiger partial charge in [-0.2, -0.15) is 4.98 Å². The molecule has 7 heteroatoms. The number of likely N-dealkylation sites (tertiary alicyclic amines) is 1. The number of carbonyl (C=O) groups excluding carboxylic acids is 1. The molecule has 23 heavy (non-hydrogen) atoms. The predicted molar refractivity (Wildman–Crippen MR) is 79.0 cm³/mol. The van der Waals surface area contributed by atoms with Gasteiger partial charge < -0.3 is 18.6 Å². The summed E-state index contributed by atoms with van der Waals surface area (Å²) >= 11 is 0. The van der Waals surface area contributed by atoms with Crippen LogP contribution < -0.4 is 0 Å². The summed E-state index contributed by atoms with van der Waals surface area (Å²) < 4.78 is 16.4. The van der Waals surface area contributed by atoms with E-state index in [1.54, 1.807) is 26.2 Å². The molecule has 7 nitrogen and oxygen atoms in total. The van der Waals surface area contributed by atoms with Gasteiger partial charge in [0.25, 0.3) is 5.91 Å². The van der Waals surface area contributed by atoms with Crippen LogP contribution in [0.4, 0.5) is 0 Å². The Bertz CT molecular complexity index is 722.